The van der Waals surface area contributed by atoms with E-state index in [0.717, 1.165) is 21.7 Å². The van der Waals surface area contributed by atoms with Crippen LogP contribution in [0, 0.1) is 5.82 Å². The number of aromatic nitrogens is 1. The number of thiophene rings is 1. The van der Waals surface area contributed by atoms with E-state index in [9.17, 15) is 9.18 Å². The second-order valence-corrected chi connectivity index (χ2v) is 6.08. The van der Waals surface area contributed by atoms with Gasteiger partial charge in [0.2, 0.25) is 5.91 Å². The lowest BCUT2D eigenvalue weighted by atomic mass is 10.1. The molecule has 0 fully saturated rings. The third-order valence-electron chi connectivity index (χ3n) is 3.40. The molecule has 23 heavy (non-hydrogen) atoms. The summed E-state index contributed by atoms with van der Waals surface area (Å²) in [5, 5.41) is 4.87. The van der Waals surface area contributed by atoms with Crippen LogP contribution in [0.4, 0.5) is 4.39 Å². The minimum atomic E-state index is -0.282. The highest BCUT2D eigenvalue weighted by Gasteiger charge is 2.09. The SMILES string of the molecule is O=C(Cc1cccs1)NCc1cccnc1-c1ccc(F)cc1. The van der Waals surface area contributed by atoms with Gasteiger partial charge in [0.15, 0.2) is 0 Å². The number of halogens is 1. The summed E-state index contributed by atoms with van der Waals surface area (Å²) in [5.41, 5.74) is 2.48. The first-order valence-corrected chi connectivity index (χ1v) is 8.09. The molecule has 0 aliphatic heterocycles. The maximum Gasteiger partial charge on any atom is 0.225 e. The second-order valence-electron chi connectivity index (χ2n) is 5.05. The van der Waals surface area contributed by atoms with Crippen molar-refractivity contribution in [2.45, 2.75) is 13.0 Å². The molecular weight excluding hydrogens is 311 g/mol. The van der Waals surface area contributed by atoms with E-state index in [4.69, 9.17) is 0 Å². The van der Waals surface area contributed by atoms with E-state index in [2.05, 4.69) is 10.3 Å². The molecule has 3 rings (SSSR count). The van der Waals surface area contributed by atoms with Gasteiger partial charge in [-0.25, -0.2) is 4.39 Å². The van der Waals surface area contributed by atoms with Crippen molar-refractivity contribution in [1.29, 1.82) is 0 Å². The van der Waals surface area contributed by atoms with Crippen LogP contribution in [0.25, 0.3) is 11.3 Å². The average Bonchev–Trinajstić information content (AvgIpc) is 3.07. The molecular formula is C18H15FN2OS. The Bertz CT molecular complexity index is 785. The molecule has 116 valence electrons. The Hall–Kier alpha value is -2.53. The van der Waals surface area contributed by atoms with Crippen molar-refractivity contribution in [3.05, 3.63) is 76.4 Å². The zero-order valence-electron chi connectivity index (χ0n) is 12.3. The second kappa shape index (κ2) is 7.15. The third-order valence-corrected chi connectivity index (χ3v) is 4.28. The van der Waals surface area contributed by atoms with Crippen LogP contribution < -0.4 is 5.32 Å². The minimum absolute atomic E-state index is 0.0265. The Morgan fingerprint density at radius 1 is 1.13 bits per heavy atom. The largest absolute Gasteiger partial charge is 0.352 e. The summed E-state index contributed by atoms with van der Waals surface area (Å²) in [6, 6.07) is 13.8. The number of carbonyl (C=O) groups is 1. The van der Waals surface area contributed by atoms with Gasteiger partial charge in [-0.15, -0.1) is 11.3 Å². The number of nitrogens with zero attached hydrogens (tertiary/aromatic N) is 1. The van der Waals surface area contributed by atoms with E-state index in [0.29, 0.717) is 13.0 Å². The van der Waals surface area contributed by atoms with Crippen LogP contribution >= 0.6 is 11.3 Å². The zero-order chi connectivity index (χ0) is 16.1. The number of rotatable bonds is 5. The van der Waals surface area contributed by atoms with E-state index >= 15 is 0 Å². The van der Waals surface area contributed by atoms with Crippen molar-refractivity contribution in [3.63, 3.8) is 0 Å². The molecule has 0 saturated carbocycles. The van der Waals surface area contributed by atoms with Gasteiger partial charge in [-0.05, 0) is 47.3 Å². The fourth-order valence-electron chi connectivity index (χ4n) is 2.28. The van der Waals surface area contributed by atoms with Gasteiger partial charge in [-0.1, -0.05) is 12.1 Å². The molecule has 0 atom stereocenters. The van der Waals surface area contributed by atoms with E-state index in [1.54, 1.807) is 29.7 Å². The summed E-state index contributed by atoms with van der Waals surface area (Å²) in [4.78, 5) is 17.4. The third kappa shape index (κ3) is 4.02. The first-order valence-electron chi connectivity index (χ1n) is 7.21. The fraction of sp³-hybridized carbons (Fsp3) is 0.111. The van der Waals surface area contributed by atoms with E-state index in [-0.39, 0.29) is 11.7 Å². The highest BCUT2D eigenvalue weighted by Crippen LogP contribution is 2.21. The highest BCUT2D eigenvalue weighted by molar-refractivity contribution is 7.10. The molecule has 0 spiro atoms. The number of benzene rings is 1. The van der Waals surface area contributed by atoms with Crippen molar-refractivity contribution in [2.75, 3.05) is 0 Å². The monoisotopic (exact) mass is 326 g/mol. The van der Waals surface area contributed by atoms with Gasteiger partial charge < -0.3 is 5.32 Å². The van der Waals surface area contributed by atoms with Crippen LogP contribution in [-0.4, -0.2) is 10.9 Å². The summed E-state index contributed by atoms with van der Waals surface area (Å²) in [7, 11) is 0. The van der Waals surface area contributed by atoms with Gasteiger partial charge in [0.1, 0.15) is 5.82 Å². The summed E-state index contributed by atoms with van der Waals surface area (Å²) in [6.07, 6.45) is 2.07. The number of hydrogen-bond donors (Lipinski definition) is 1. The van der Waals surface area contributed by atoms with Gasteiger partial charge in [0.25, 0.3) is 0 Å². The lowest BCUT2D eigenvalue weighted by Crippen LogP contribution is -2.24. The molecule has 1 aromatic carbocycles. The summed E-state index contributed by atoms with van der Waals surface area (Å²) in [5.74, 6) is -0.308. The molecule has 0 unspecified atom stereocenters. The lowest BCUT2D eigenvalue weighted by Gasteiger charge is -2.10. The molecule has 0 bridgehead atoms. The smallest absolute Gasteiger partial charge is 0.225 e. The molecule has 3 nitrogen and oxygen atoms in total. The van der Waals surface area contributed by atoms with Crippen LogP contribution in [0.3, 0.4) is 0 Å². The molecule has 0 saturated heterocycles. The average molecular weight is 326 g/mol. The molecule has 5 heteroatoms. The zero-order valence-corrected chi connectivity index (χ0v) is 13.1. The predicted molar refractivity (Wildman–Crippen MR) is 89.5 cm³/mol. The lowest BCUT2D eigenvalue weighted by molar-refractivity contribution is -0.120. The standard InChI is InChI=1S/C18H15FN2OS/c19-15-7-5-13(6-8-15)18-14(3-1-9-20-18)12-21-17(22)11-16-4-2-10-23-16/h1-10H,11-12H2,(H,21,22). The number of amides is 1. The van der Waals surface area contributed by atoms with E-state index in [1.807, 2.05) is 29.6 Å². The van der Waals surface area contributed by atoms with Crippen LogP contribution in [0.1, 0.15) is 10.4 Å². The molecule has 2 heterocycles. The summed E-state index contributed by atoms with van der Waals surface area (Å²) >= 11 is 1.57. The minimum Gasteiger partial charge on any atom is -0.352 e. The molecule has 2 aromatic heterocycles. The molecule has 0 aliphatic carbocycles. The van der Waals surface area contributed by atoms with Gasteiger partial charge in [-0.3, -0.25) is 9.78 Å². The molecule has 1 amide bonds. The van der Waals surface area contributed by atoms with Crippen LogP contribution in [0.15, 0.2) is 60.1 Å². The Morgan fingerprint density at radius 2 is 1.96 bits per heavy atom. The van der Waals surface area contributed by atoms with E-state index < -0.39 is 0 Å². The Kier molecular flexibility index (Phi) is 4.78. The molecule has 0 aliphatic rings. The van der Waals surface area contributed by atoms with Crippen molar-refractivity contribution < 1.29 is 9.18 Å². The maximum absolute atomic E-state index is 13.1. The quantitative estimate of drug-likeness (QED) is 0.775. The van der Waals surface area contributed by atoms with Gasteiger partial charge in [0, 0.05) is 23.2 Å². The fourth-order valence-corrected chi connectivity index (χ4v) is 2.98. The van der Waals surface area contributed by atoms with Gasteiger partial charge >= 0.3 is 0 Å². The Labute approximate surface area is 137 Å². The van der Waals surface area contributed by atoms with Crippen molar-refractivity contribution in [1.82, 2.24) is 10.3 Å². The molecule has 0 radical (unpaired) electrons. The van der Waals surface area contributed by atoms with Crippen LogP contribution in [0.2, 0.25) is 0 Å². The Morgan fingerprint density at radius 3 is 2.70 bits per heavy atom. The van der Waals surface area contributed by atoms with Gasteiger partial charge in [0.05, 0.1) is 12.1 Å². The Balaban J connectivity index is 1.71. The number of hydrogen-bond acceptors (Lipinski definition) is 3. The topological polar surface area (TPSA) is 42.0 Å². The number of pyridine rings is 1. The molecule has 3 aromatic rings. The highest BCUT2D eigenvalue weighted by atomic mass is 32.1. The van der Waals surface area contributed by atoms with Crippen LogP contribution in [-0.2, 0) is 17.8 Å². The van der Waals surface area contributed by atoms with Gasteiger partial charge in [-0.2, -0.15) is 0 Å². The van der Waals surface area contributed by atoms with Crippen molar-refractivity contribution in [3.8, 4) is 11.3 Å². The maximum atomic E-state index is 13.1. The van der Waals surface area contributed by atoms with Crippen LogP contribution in [0.5, 0.6) is 0 Å². The number of carbonyl (C=O) groups excluding carboxylic acids is 1. The number of nitrogens with one attached hydrogen (secondary N) is 1. The molecule has 1 N–H and O–H groups in total. The first kappa shape index (κ1) is 15.4. The summed E-state index contributed by atoms with van der Waals surface area (Å²) < 4.78 is 13.1. The van der Waals surface area contributed by atoms with Crippen molar-refractivity contribution in [2.24, 2.45) is 0 Å². The van der Waals surface area contributed by atoms with E-state index in [1.165, 1.54) is 12.1 Å². The van der Waals surface area contributed by atoms with Crippen molar-refractivity contribution >= 4 is 17.2 Å². The first-order chi connectivity index (χ1) is 11.2. The predicted octanol–water partition coefficient (Wildman–Crippen LogP) is 3.81. The normalized spacial score (nSPS) is 10.5. The summed E-state index contributed by atoms with van der Waals surface area (Å²) in [6.45, 7) is 0.394.